The van der Waals surface area contributed by atoms with Gasteiger partial charge in [-0.05, 0) is 23.8 Å². The summed E-state index contributed by atoms with van der Waals surface area (Å²) in [5.41, 5.74) is 3.20. The minimum Gasteiger partial charge on any atom is -0.348 e. The maximum Gasteiger partial charge on any atom is 0.253 e. The first-order valence-electron chi connectivity index (χ1n) is 8.11. The van der Waals surface area contributed by atoms with Crippen molar-refractivity contribution < 1.29 is 4.79 Å². The average molecular weight is 344 g/mol. The molecule has 0 fully saturated rings. The normalized spacial score (nSPS) is 10.6. The van der Waals surface area contributed by atoms with E-state index in [2.05, 4.69) is 20.4 Å². The molecular formula is C19H16N6O. The number of amides is 1. The van der Waals surface area contributed by atoms with Gasteiger partial charge >= 0.3 is 0 Å². The molecule has 2 heterocycles. The molecule has 2 aromatic carbocycles. The van der Waals surface area contributed by atoms with Crippen LogP contribution in [0.25, 0.3) is 11.4 Å². The lowest BCUT2D eigenvalue weighted by molar-refractivity contribution is 0.0951. The first kappa shape index (κ1) is 15.8. The highest BCUT2D eigenvalue weighted by Gasteiger charge is 2.13. The molecule has 1 N–H and O–H groups in total. The van der Waals surface area contributed by atoms with E-state index >= 15 is 0 Å². The van der Waals surface area contributed by atoms with Gasteiger partial charge in [0.1, 0.15) is 12.7 Å². The standard InChI is InChI=1S/C19H16N6O/c26-19(16-6-2-4-8-18(16)25-14-21-12-23-25)22-11-15-5-1-3-7-17(15)24-10-9-20-13-24/h1-10,12-14H,11H2,(H,22,26). The lowest BCUT2D eigenvalue weighted by Gasteiger charge is -2.13. The fourth-order valence-corrected chi connectivity index (χ4v) is 2.78. The van der Waals surface area contributed by atoms with Crippen molar-refractivity contribution in [3.8, 4) is 11.4 Å². The van der Waals surface area contributed by atoms with E-state index < -0.39 is 0 Å². The molecule has 0 bridgehead atoms. The smallest absolute Gasteiger partial charge is 0.253 e. The van der Waals surface area contributed by atoms with Gasteiger partial charge in [-0.3, -0.25) is 4.79 Å². The second-order valence-corrected chi connectivity index (χ2v) is 5.64. The van der Waals surface area contributed by atoms with Crippen molar-refractivity contribution in [1.29, 1.82) is 0 Å². The molecule has 0 saturated carbocycles. The molecule has 0 unspecified atom stereocenters. The van der Waals surface area contributed by atoms with Crippen LogP contribution < -0.4 is 5.32 Å². The Morgan fingerprint density at radius 3 is 2.54 bits per heavy atom. The van der Waals surface area contributed by atoms with Gasteiger partial charge < -0.3 is 9.88 Å². The lowest BCUT2D eigenvalue weighted by atomic mass is 10.1. The van der Waals surface area contributed by atoms with Crippen LogP contribution in [0.1, 0.15) is 15.9 Å². The Kier molecular flexibility index (Phi) is 4.26. The van der Waals surface area contributed by atoms with Crippen LogP contribution in [0.4, 0.5) is 0 Å². The Morgan fingerprint density at radius 1 is 0.962 bits per heavy atom. The Morgan fingerprint density at radius 2 is 1.77 bits per heavy atom. The Bertz CT molecular complexity index is 1010. The summed E-state index contributed by atoms with van der Waals surface area (Å²) in [4.78, 5) is 20.8. The van der Waals surface area contributed by atoms with Crippen LogP contribution in [0.15, 0.2) is 79.9 Å². The summed E-state index contributed by atoms with van der Waals surface area (Å²) in [7, 11) is 0. The third kappa shape index (κ3) is 3.10. The van der Waals surface area contributed by atoms with Gasteiger partial charge in [-0.2, -0.15) is 5.10 Å². The zero-order valence-electron chi connectivity index (χ0n) is 13.9. The van der Waals surface area contributed by atoms with Crippen molar-refractivity contribution in [1.82, 2.24) is 29.6 Å². The van der Waals surface area contributed by atoms with E-state index in [1.807, 2.05) is 53.2 Å². The van der Waals surface area contributed by atoms with Gasteiger partial charge in [0.2, 0.25) is 0 Å². The maximum atomic E-state index is 12.7. The molecule has 1 amide bonds. The number of nitrogens with one attached hydrogen (secondary N) is 1. The Hall–Kier alpha value is -3.74. The van der Waals surface area contributed by atoms with Crippen molar-refractivity contribution in [3.63, 3.8) is 0 Å². The molecule has 26 heavy (non-hydrogen) atoms. The first-order chi connectivity index (χ1) is 12.8. The highest BCUT2D eigenvalue weighted by atomic mass is 16.1. The van der Waals surface area contributed by atoms with Crippen LogP contribution in [0.5, 0.6) is 0 Å². The molecule has 2 aromatic heterocycles. The van der Waals surface area contributed by atoms with Crippen molar-refractivity contribution >= 4 is 5.91 Å². The van der Waals surface area contributed by atoms with E-state index in [9.17, 15) is 4.79 Å². The zero-order valence-corrected chi connectivity index (χ0v) is 13.9. The topological polar surface area (TPSA) is 77.6 Å². The fourth-order valence-electron chi connectivity index (χ4n) is 2.78. The number of carbonyl (C=O) groups is 1. The number of benzene rings is 2. The predicted octanol–water partition coefficient (Wildman–Crippen LogP) is 2.38. The van der Waals surface area contributed by atoms with E-state index in [4.69, 9.17) is 0 Å². The third-order valence-electron chi connectivity index (χ3n) is 4.03. The van der Waals surface area contributed by atoms with Crippen LogP contribution >= 0.6 is 0 Å². The van der Waals surface area contributed by atoms with Gasteiger partial charge in [0.25, 0.3) is 5.91 Å². The summed E-state index contributed by atoms with van der Waals surface area (Å²) < 4.78 is 3.50. The number of nitrogens with zero attached hydrogens (tertiary/aromatic N) is 5. The van der Waals surface area contributed by atoms with E-state index in [0.717, 1.165) is 11.3 Å². The Labute approximate surface area is 150 Å². The van der Waals surface area contributed by atoms with E-state index in [0.29, 0.717) is 17.8 Å². The molecular weight excluding hydrogens is 328 g/mol. The number of aromatic nitrogens is 5. The molecule has 0 radical (unpaired) electrons. The average Bonchev–Trinajstić information content (AvgIpc) is 3.40. The van der Waals surface area contributed by atoms with Crippen molar-refractivity contribution in [3.05, 3.63) is 91.0 Å². The SMILES string of the molecule is O=C(NCc1ccccc1-n1ccnc1)c1ccccc1-n1cncn1. The van der Waals surface area contributed by atoms with Crippen molar-refractivity contribution in [2.24, 2.45) is 0 Å². The quantitative estimate of drug-likeness (QED) is 0.603. The lowest BCUT2D eigenvalue weighted by Crippen LogP contribution is -2.25. The molecule has 0 aliphatic rings. The van der Waals surface area contributed by atoms with Crippen LogP contribution in [0.3, 0.4) is 0 Å². The van der Waals surface area contributed by atoms with Crippen LogP contribution in [0, 0.1) is 0 Å². The van der Waals surface area contributed by atoms with Gasteiger partial charge in [0, 0.05) is 18.9 Å². The van der Waals surface area contributed by atoms with E-state index in [-0.39, 0.29) is 5.91 Å². The minimum absolute atomic E-state index is 0.170. The number of carbonyl (C=O) groups excluding carboxylic acids is 1. The van der Waals surface area contributed by atoms with Gasteiger partial charge in [-0.1, -0.05) is 30.3 Å². The molecule has 0 aliphatic carbocycles. The number of hydrogen-bond donors (Lipinski definition) is 1. The van der Waals surface area contributed by atoms with Gasteiger partial charge in [-0.25, -0.2) is 14.6 Å². The number of rotatable bonds is 5. The maximum absolute atomic E-state index is 12.7. The molecule has 128 valence electrons. The molecule has 0 atom stereocenters. The van der Waals surface area contributed by atoms with Crippen molar-refractivity contribution in [2.45, 2.75) is 6.54 Å². The molecule has 4 aromatic rings. The first-order valence-corrected chi connectivity index (χ1v) is 8.11. The summed E-state index contributed by atoms with van der Waals surface area (Å²) in [5, 5.41) is 7.10. The second kappa shape index (κ2) is 7.02. The largest absolute Gasteiger partial charge is 0.348 e. The number of imidazole rings is 1. The monoisotopic (exact) mass is 344 g/mol. The third-order valence-corrected chi connectivity index (χ3v) is 4.03. The van der Waals surface area contributed by atoms with Gasteiger partial charge in [0.15, 0.2) is 0 Å². The van der Waals surface area contributed by atoms with Gasteiger partial charge in [-0.15, -0.1) is 0 Å². The van der Waals surface area contributed by atoms with Gasteiger partial charge in [0.05, 0.1) is 23.3 Å². The summed E-state index contributed by atoms with van der Waals surface area (Å²) in [5.74, 6) is -0.170. The van der Waals surface area contributed by atoms with Crippen LogP contribution in [0.2, 0.25) is 0 Å². The predicted molar refractivity (Wildman–Crippen MR) is 96.1 cm³/mol. The minimum atomic E-state index is -0.170. The highest BCUT2D eigenvalue weighted by molar-refractivity contribution is 5.97. The van der Waals surface area contributed by atoms with E-state index in [1.54, 1.807) is 29.6 Å². The highest BCUT2D eigenvalue weighted by Crippen LogP contribution is 2.16. The fraction of sp³-hybridized carbons (Fsp3) is 0.0526. The summed E-state index contributed by atoms with van der Waals surface area (Å²) in [6, 6.07) is 15.2. The zero-order chi connectivity index (χ0) is 17.8. The molecule has 0 aliphatic heterocycles. The molecule has 7 heteroatoms. The van der Waals surface area contributed by atoms with Crippen molar-refractivity contribution in [2.75, 3.05) is 0 Å². The summed E-state index contributed by atoms with van der Waals surface area (Å²) in [6.07, 6.45) is 8.35. The van der Waals surface area contributed by atoms with Crippen LogP contribution in [-0.4, -0.2) is 30.2 Å². The molecule has 0 spiro atoms. The summed E-state index contributed by atoms with van der Waals surface area (Å²) in [6.45, 7) is 0.402. The number of para-hydroxylation sites is 2. The second-order valence-electron chi connectivity index (χ2n) is 5.64. The molecule has 7 nitrogen and oxygen atoms in total. The Balaban J connectivity index is 1.56. The molecule has 0 saturated heterocycles. The molecule has 4 rings (SSSR count). The number of hydrogen-bond acceptors (Lipinski definition) is 4. The summed E-state index contributed by atoms with van der Waals surface area (Å²) >= 11 is 0. The van der Waals surface area contributed by atoms with Crippen LogP contribution in [-0.2, 0) is 6.54 Å². The van der Waals surface area contributed by atoms with E-state index in [1.165, 1.54) is 6.33 Å².